The summed E-state index contributed by atoms with van der Waals surface area (Å²) < 4.78 is 26.0. The van der Waals surface area contributed by atoms with E-state index in [1.807, 2.05) is 30.3 Å². The first-order valence-corrected chi connectivity index (χ1v) is 7.51. The van der Waals surface area contributed by atoms with Gasteiger partial charge in [0.2, 0.25) is 0 Å². The van der Waals surface area contributed by atoms with Crippen molar-refractivity contribution < 1.29 is 17.4 Å². The largest absolute Gasteiger partial charge is 0.380 e. The molecule has 0 unspecified atom stereocenters. The molecule has 0 aromatic heterocycles. The third kappa shape index (κ3) is 4.87. The van der Waals surface area contributed by atoms with Crippen molar-refractivity contribution in [3.05, 3.63) is 71.8 Å². The van der Waals surface area contributed by atoms with E-state index in [1.54, 1.807) is 6.08 Å². The maximum absolute atomic E-state index is 11.9. The van der Waals surface area contributed by atoms with E-state index in [4.69, 9.17) is 5.14 Å². The Hall–Kier alpha value is -2.44. The molecule has 0 amide bonds. The molecule has 2 aromatic carbocycles. The predicted octanol–water partition coefficient (Wildman–Crippen LogP) is 2.17. The van der Waals surface area contributed by atoms with E-state index in [0.717, 1.165) is 5.56 Å². The summed E-state index contributed by atoms with van der Waals surface area (Å²) in [5, 5.41) is 4.75. The van der Waals surface area contributed by atoms with Crippen molar-refractivity contribution in [2.24, 2.45) is 5.14 Å². The van der Waals surface area contributed by atoms with Crippen molar-refractivity contribution in [3.8, 4) is 5.75 Å². The third-order valence-corrected chi connectivity index (χ3v) is 3.00. The molecular formula is C15H13NO4S. The lowest BCUT2D eigenvalue weighted by atomic mass is 10.1. The normalized spacial score (nSPS) is 11.5. The lowest BCUT2D eigenvalue weighted by Gasteiger charge is -2.02. The molecule has 2 rings (SSSR count). The van der Waals surface area contributed by atoms with Gasteiger partial charge in [-0.2, -0.15) is 13.6 Å². The molecule has 108 valence electrons. The van der Waals surface area contributed by atoms with Crippen LogP contribution in [0.25, 0.3) is 6.08 Å². The Morgan fingerprint density at radius 3 is 2.19 bits per heavy atom. The molecule has 0 fully saturated rings. The van der Waals surface area contributed by atoms with Crippen LogP contribution in [-0.4, -0.2) is 14.2 Å². The van der Waals surface area contributed by atoms with E-state index in [0.29, 0.717) is 5.56 Å². The van der Waals surface area contributed by atoms with Crippen molar-refractivity contribution in [2.75, 3.05) is 0 Å². The second-order valence-electron chi connectivity index (χ2n) is 4.21. The fourth-order valence-corrected chi connectivity index (χ4v) is 2.02. The summed E-state index contributed by atoms with van der Waals surface area (Å²) in [5.41, 5.74) is 1.34. The Kier molecular flexibility index (Phi) is 4.52. The summed E-state index contributed by atoms with van der Waals surface area (Å²) in [6, 6.07) is 15.1. The number of hydrogen-bond acceptors (Lipinski definition) is 4. The summed E-state index contributed by atoms with van der Waals surface area (Å²) in [7, 11) is -4.06. The SMILES string of the molecule is NS(=O)(=O)Oc1ccc(C(=O)/C=C/c2ccccc2)cc1. The summed E-state index contributed by atoms with van der Waals surface area (Å²) in [5.74, 6) is -0.137. The molecule has 0 aliphatic rings. The molecule has 2 N–H and O–H groups in total. The Bertz CT molecular complexity index is 750. The van der Waals surface area contributed by atoms with Crippen molar-refractivity contribution in [3.63, 3.8) is 0 Å². The highest BCUT2D eigenvalue weighted by atomic mass is 32.2. The Labute approximate surface area is 122 Å². The smallest absolute Gasteiger partial charge is 0.371 e. The molecular weight excluding hydrogens is 290 g/mol. The van der Waals surface area contributed by atoms with Crippen molar-refractivity contribution >= 4 is 22.2 Å². The van der Waals surface area contributed by atoms with Gasteiger partial charge in [0.15, 0.2) is 5.78 Å². The monoisotopic (exact) mass is 303 g/mol. The zero-order valence-electron chi connectivity index (χ0n) is 11.0. The molecule has 0 aliphatic heterocycles. The molecule has 5 nitrogen and oxygen atoms in total. The van der Waals surface area contributed by atoms with Gasteiger partial charge in [0.05, 0.1) is 0 Å². The van der Waals surface area contributed by atoms with E-state index in [2.05, 4.69) is 4.18 Å². The number of allylic oxidation sites excluding steroid dienone is 1. The molecule has 0 radical (unpaired) electrons. The third-order valence-electron chi connectivity index (χ3n) is 2.58. The van der Waals surface area contributed by atoms with E-state index in [9.17, 15) is 13.2 Å². The molecule has 0 spiro atoms. The van der Waals surface area contributed by atoms with Gasteiger partial charge in [0, 0.05) is 5.56 Å². The first-order chi connectivity index (χ1) is 9.94. The van der Waals surface area contributed by atoms with Crippen LogP contribution in [0.4, 0.5) is 0 Å². The average Bonchev–Trinajstić information content (AvgIpc) is 2.45. The summed E-state index contributed by atoms with van der Waals surface area (Å²) >= 11 is 0. The van der Waals surface area contributed by atoms with Crippen LogP contribution < -0.4 is 9.32 Å². The summed E-state index contributed by atoms with van der Waals surface area (Å²) in [6.07, 6.45) is 3.15. The standard InChI is InChI=1S/C15H13NO4S/c16-21(18,19)20-14-9-7-13(8-10-14)15(17)11-6-12-4-2-1-3-5-12/h1-11H,(H2,16,18,19)/b11-6+. The van der Waals surface area contributed by atoms with Crippen LogP contribution in [0.15, 0.2) is 60.7 Å². The maximum atomic E-state index is 11.9. The van der Waals surface area contributed by atoms with E-state index >= 15 is 0 Å². The van der Waals surface area contributed by atoms with Crippen LogP contribution in [0.3, 0.4) is 0 Å². The molecule has 0 heterocycles. The fourth-order valence-electron chi connectivity index (χ4n) is 1.64. The van der Waals surface area contributed by atoms with Gasteiger partial charge in [-0.1, -0.05) is 36.4 Å². The first kappa shape index (κ1) is 15.0. The Balaban J connectivity index is 2.08. The minimum atomic E-state index is -4.06. The zero-order valence-corrected chi connectivity index (χ0v) is 11.8. The summed E-state index contributed by atoms with van der Waals surface area (Å²) in [4.78, 5) is 11.9. The highest BCUT2D eigenvalue weighted by molar-refractivity contribution is 7.84. The van der Waals surface area contributed by atoms with Gasteiger partial charge in [0.25, 0.3) is 0 Å². The number of rotatable bonds is 5. The zero-order chi connectivity index (χ0) is 15.3. The number of carbonyl (C=O) groups is 1. The highest BCUT2D eigenvalue weighted by Crippen LogP contribution is 2.14. The number of carbonyl (C=O) groups excluding carboxylic acids is 1. The summed E-state index contributed by atoms with van der Waals surface area (Å²) in [6.45, 7) is 0. The van der Waals surface area contributed by atoms with Gasteiger partial charge >= 0.3 is 10.3 Å². The molecule has 0 bridgehead atoms. The average molecular weight is 303 g/mol. The van der Waals surface area contributed by atoms with Crippen molar-refractivity contribution in [2.45, 2.75) is 0 Å². The highest BCUT2D eigenvalue weighted by Gasteiger charge is 2.06. The van der Waals surface area contributed by atoms with Crippen LogP contribution in [0.2, 0.25) is 0 Å². The second-order valence-corrected chi connectivity index (χ2v) is 5.36. The Morgan fingerprint density at radius 1 is 1.00 bits per heavy atom. The van der Waals surface area contributed by atoms with Crippen LogP contribution in [0.5, 0.6) is 5.75 Å². The van der Waals surface area contributed by atoms with Crippen LogP contribution in [-0.2, 0) is 10.3 Å². The van der Waals surface area contributed by atoms with Crippen molar-refractivity contribution in [1.29, 1.82) is 0 Å². The second kappa shape index (κ2) is 6.34. The van der Waals surface area contributed by atoms with E-state index < -0.39 is 10.3 Å². The number of nitrogens with two attached hydrogens (primary N) is 1. The van der Waals surface area contributed by atoms with Gasteiger partial charge in [-0.3, -0.25) is 4.79 Å². The molecule has 0 saturated heterocycles. The minimum Gasteiger partial charge on any atom is -0.371 e. The predicted molar refractivity (Wildman–Crippen MR) is 80.0 cm³/mol. The molecule has 0 atom stereocenters. The van der Waals surface area contributed by atoms with E-state index in [-0.39, 0.29) is 11.5 Å². The maximum Gasteiger partial charge on any atom is 0.380 e. The van der Waals surface area contributed by atoms with Gasteiger partial charge < -0.3 is 4.18 Å². The number of ketones is 1. The van der Waals surface area contributed by atoms with Gasteiger partial charge in [0.1, 0.15) is 5.75 Å². The molecule has 2 aromatic rings. The van der Waals surface area contributed by atoms with Crippen molar-refractivity contribution in [1.82, 2.24) is 0 Å². The van der Waals surface area contributed by atoms with Crippen LogP contribution in [0, 0.1) is 0 Å². The molecule has 6 heteroatoms. The minimum absolute atomic E-state index is 0.0566. The van der Waals surface area contributed by atoms with Gasteiger partial charge in [-0.05, 0) is 35.9 Å². The van der Waals surface area contributed by atoms with Crippen LogP contribution in [0.1, 0.15) is 15.9 Å². The van der Waals surface area contributed by atoms with E-state index in [1.165, 1.54) is 30.3 Å². The lowest BCUT2D eigenvalue weighted by molar-refractivity contribution is 0.104. The molecule has 21 heavy (non-hydrogen) atoms. The number of hydrogen-bond donors (Lipinski definition) is 1. The number of benzene rings is 2. The first-order valence-electron chi connectivity index (χ1n) is 6.04. The molecule has 0 saturated carbocycles. The van der Waals surface area contributed by atoms with Gasteiger partial charge in [-0.15, -0.1) is 0 Å². The van der Waals surface area contributed by atoms with Gasteiger partial charge in [-0.25, -0.2) is 0 Å². The fraction of sp³-hybridized carbons (Fsp3) is 0. The molecule has 0 aliphatic carbocycles. The quantitative estimate of drug-likeness (QED) is 0.677. The van der Waals surface area contributed by atoms with Crippen LogP contribution >= 0.6 is 0 Å². The lowest BCUT2D eigenvalue weighted by Crippen LogP contribution is -2.18. The Morgan fingerprint density at radius 2 is 1.62 bits per heavy atom. The topological polar surface area (TPSA) is 86.5 Å².